The number of amides is 1. The monoisotopic (exact) mass is 338 g/mol. The fourth-order valence-electron chi connectivity index (χ4n) is 2.62. The molecule has 0 unspecified atom stereocenters. The van der Waals surface area contributed by atoms with Crippen molar-refractivity contribution < 1.29 is 4.79 Å². The lowest BCUT2D eigenvalue weighted by atomic mass is 10.1. The van der Waals surface area contributed by atoms with E-state index in [4.69, 9.17) is 11.5 Å². The highest BCUT2D eigenvalue weighted by atomic mass is 32.1. The summed E-state index contributed by atoms with van der Waals surface area (Å²) in [6.07, 6.45) is 0.763. The van der Waals surface area contributed by atoms with Gasteiger partial charge in [0.25, 0.3) is 5.91 Å². The Labute approximate surface area is 144 Å². The summed E-state index contributed by atoms with van der Waals surface area (Å²) in [4.78, 5) is 17.0. The van der Waals surface area contributed by atoms with Crippen LogP contribution < -0.4 is 11.5 Å². The van der Waals surface area contributed by atoms with Crippen LogP contribution >= 0.6 is 11.3 Å². The van der Waals surface area contributed by atoms with E-state index in [9.17, 15) is 4.79 Å². The minimum atomic E-state index is -0.365. The Morgan fingerprint density at radius 2 is 1.83 bits per heavy atom. The Morgan fingerprint density at radius 3 is 2.50 bits per heavy atom. The molecule has 6 heteroatoms. The first-order valence-corrected chi connectivity index (χ1v) is 8.40. The Balaban J connectivity index is 1.98. The molecule has 0 aliphatic heterocycles. The van der Waals surface area contributed by atoms with Gasteiger partial charge in [0.05, 0.1) is 0 Å². The second kappa shape index (κ2) is 7.14. The first-order valence-electron chi connectivity index (χ1n) is 7.52. The maximum absolute atomic E-state index is 12.1. The summed E-state index contributed by atoms with van der Waals surface area (Å²) in [5.41, 5.74) is 13.7. The summed E-state index contributed by atoms with van der Waals surface area (Å²) in [7, 11) is 0. The quantitative estimate of drug-likeness (QED) is 0.554. The van der Waals surface area contributed by atoms with E-state index in [1.165, 1.54) is 4.88 Å². The van der Waals surface area contributed by atoms with E-state index in [0.29, 0.717) is 0 Å². The summed E-state index contributed by atoms with van der Waals surface area (Å²) in [6, 6.07) is 18.1. The number of guanidine groups is 1. The number of hydrogen-bond donors (Lipinski definition) is 2. The molecule has 2 aromatic heterocycles. The van der Waals surface area contributed by atoms with E-state index in [1.54, 1.807) is 11.3 Å². The fourth-order valence-corrected chi connectivity index (χ4v) is 3.34. The number of rotatable bonds is 5. The van der Waals surface area contributed by atoms with Gasteiger partial charge in [-0.3, -0.25) is 4.79 Å². The zero-order valence-electron chi connectivity index (χ0n) is 13.1. The predicted molar refractivity (Wildman–Crippen MR) is 97.8 cm³/mol. The normalized spacial score (nSPS) is 10.5. The van der Waals surface area contributed by atoms with Crippen molar-refractivity contribution in [1.82, 2.24) is 4.57 Å². The zero-order chi connectivity index (χ0) is 16.9. The molecule has 0 saturated carbocycles. The average molecular weight is 338 g/mol. The molecule has 1 aromatic carbocycles. The van der Waals surface area contributed by atoms with Gasteiger partial charge in [0, 0.05) is 22.7 Å². The standard InChI is InChI=1S/C18H18N4OS/c19-18(20)21-17(23)12-22-14(11-15-7-4-10-24-15)8-9-16(22)13-5-2-1-3-6-13/h1-10H,11-12H2,(H4,19,20,21,23). The molecule has 0 aliphatic carbocycles. The first kappa shape index (κ1) is 16.0. The summed E-state index contributed by atoms with van der Waals surface area (Å²) >= 11 is 1.70. The van der Waals surface area contributed by atoms with Gasteiger partial charge in [-0.05, 0) is 29.1 Å². The highest BCUT2D eigenvalue weighted by molar-refractivity contribution is 7.09. The van der Waals surface area contributed by atoms with Crippen LogP contribution in [0.2, 0.25) is 0 Å². The number of nitrogens with zero attached hydrogens (tertiary/aromatic N) is 2. The van der Waals surface area contributed by atoms with Gasteiger partial charge in [-0.1, -0.05) is 36.4 Å². The lowest BCUT2D eigenvalue weighted by Gasteiger charge is -2.12. The van der Waals surface area contributed by atoms with E-state index in [-0.39, 0.29) is 18.4 Å². The van der Waals surface area contributed by atoms with Gasteiger partial charge in [-0.15, -0.1) is 11.3 Å². The first-order chi connectivity index (χ1) is 11.6. The molecule has 0 aliphatic rings. The van der Waals surface area contributed by atoms with Crippen LogP contribution in [0, 0.1) is 0 Å². The second-order valence-corrected chi connectivity index (χ2v) is 6.38. The summed E-state index contributed by atoms with van der Waals surface area (Å²) < 4.78 is 1.98. The highest BCUT2D eigenvalue weighted by Crippen LogP contribution is 2.25. The SMILES string of the molecule is NC(N)=NC(=O)Cn1c(Cc2cccs2)ccc1-c1ccccc1. The summed E-state index contributed by atoms with van der Waals surface area (Å²) in [5.74, 6) is -0.580. The second-order valence-electron chi connectivity index (χ2n) is 5.35. The van der Waals surface area contributed by atoms with E-state index in [1.807, 2.05) is 58.5 Å². The molecular weight excluding hydrogens is 320 g/mol. The maximum atomic E-state index is 12.1. The van der Waals surface area contributed by atoms with Gasteiger partial charge in [-0.2, -0.15) is 4.99 Å². The van der Waals surface area contributed by atoms with Crippen molar-refractivity contribution in [3.63, 3.8) is 0 Å². The number of carbonyl (C=O) groups is 1. The van der Waals surface area contributed by atoms with Crippen molar-refractivity contribution in [2.45, 2.75) is 13.0 Å². The van der Waals surface area contributed by atoms with Crippen molar-refractivity contribution in [3.8, 4) is 11.3 Å². The molecule has 5 nitrogen and oxygen atoms in total. The van der Waals surface area contributed by atoms with Gasteiger partial charge >= 0.3 is 0 Å². The van der Waals surface area contributed by atoms with E-state index >= 15 is 0 Å². The number of benzene rings is 1. The number of aromatic nitrogens is 1. The highest BCUT2D eigenvalue weighted by Gasteiger charge is 2.14. The molecule has 0 radical (unpaired) electrons. The van der Waals surface area contributed by atoms with Gasteiger partial charge in [0.15, 0.2) is 5.96 Å². The van der Waals surface area contributed by atoms with Crippen molar-refractivity contribution in [2.75, 3.05) is 0 Å². The molecule has 3 aromatic rings. The molecular formula is C18H18N4OS. The molecule has 3 rings (SSSR count). The molecule has 0 atom stereocenters. The molecule has 0 fully saturated rings. The topological polar surface area (TPSA) is 86.4 Å². The third-order valence-electron chi connectivity index (χ3n) is 3.62. The molecule has 0 saturated heterocycles. The van der Waals surface area contributed by atoms with Crippen molar-refractivity contribution in [1.29, 1.82) is 0 Å². The fraction of sp³-hybridized carbons (Fsp3) is 0.111. The Morgan fingerprint density at radius 1 is 1.04 bits per heavy atom. The lowest BCUT2D eigenvalue weighted by molar-refractivity contribution is -0.118. The van der Waals surface area contributed by atoms with Gasteiger partial charge in [-0.25, -0.2) is 0 Å². The number of hydrogen-bond acceptors (Lipinski definition) is 2. The number of nitrogens with two attached hydrogens (primary N) is 2. The van der Waals surface area contributed by atoms with Crippen LogP contribution in [-0.4, -0.2) is 16.4 Å². The van der Waals surface area contributed by atoms with Gasteiger partial charge in [0.2, 0.25) is 0 Å². The van der Waals surface area contributed by atoms with Crippen LogP contribution in [0.1, 0.15) is 10.6 Å². The minimum Gasteiger partial charge on any atom is -0.370 e. The predicted octanol–water partition coefficient (Wildman–Crippen LogP) is 2.61. The minimum absolute atomic E-state index is 0.107. The number of aliphatic imine (C=N–C) groups is 1. The van der Waals surface area contributed by atoms with Crippen LogP contribution in [0.15, 0.2) is 65.0 Å². The van der Waals surface area contributed by atoms with Crippen LogP contribution in [0.4, 0.5) is 0 Å². The average Bonchev–Trinajstić information content (AvgIpc) is 3.19. The largest absolute Gasteiger partial charge is 0.370 e. The Kier molecular flexibility index (Phi) is 4.77. The van der Waals surface area contributed by atoms with Crippen molar-refractivity contribution in [2.24, 2.45) is 16.5 Å². The van der Waals surface area contributed by atoms with Crippen LogP contribution in [0.25, 0.3) is 11.3 Å². The van der Waals surface area contributed by atoms with E-state index < -0.39 is 0 Å². The smallest absolute Gasteiger partial charge is 0.268 e. The summed E-state index contributed by atoms with van der Waals surface area (Å²) in [6.45, 7) is 0.107. The van der Waals surface area contributed by atoms with E-state index in [0.717, 1.165) is 23.4 Å². The molecule has 24 heavy (non-hydrogen) atoms. The van der Waals surface area contributed by atoms with Crippen molar-refractivity contribution in [3.05, 3.63) is 70.5 Å². The van der Waals surface area contributed by atoms with Crippen LogP contribution in [0.3, 0.4) is 0 Å². The number of thiophene rings is 1. The van der Waals surface area contributed by atoms with Gasteiger partial charge < -0.3 is 16.0 Å². The van der Waals surface area contributed by atoms with E-state index in [2.05, 4.69) is 11.1 Å². The molecule has 0 bridgehead atoms. The molecule has 0 spiro atoms. The van der Waals surface area contributed by atoms with Crippen LogP contribution in [0.5, 0.6) is 0 Å². The molecule has 1 amide bonds. The molecule has 122 valence electrons. The third-order valence-corrected chi connectivity index (χ3v) is 4.50. The third kappa shape index (κ3) is 3.72. The summed E-state index contributed by atoms with van der Waals surface area (Å²) in [5, 5.41) is 2.05. The zero-order valence-corrected chi connectivity index (χ0v) is 13.9. The molecule has 2 heterocycles. The Hall–Kier alpha value is -2.86. The maximum Gasteiger partial charge on any atom is 0.268 e. The number of carbonyl (C=O) groups excluding carboxylic acids is 1. The van der Waals surface area contributed by atoms with Gasteiger partial charge in [0.1, 0.15) is 6.54 Å². The van der Waals surface area contributed by atoms with Crippen molar-refractivity contribution >= 4 is 23.2 Å². The molecule has 4 N–H and O–H groups in total. The van der Waals surface area contributed by atoms with Crippen LogP contribution in [-0.2, 0) is 17.8 Å². The Bertz CT molecular complexity index is 847. The lowest BCUT2D eigenvalue weighted by Crippen LogP contribution is -2.25.